The summed E-state index contributed by atoms with van der Waals surface area (Å²) in [4.78, 5) is 11.3. The third-order valence-corrected chi connectivity index (χ3v) is 4.07. The molecule has 0 bridgehead atoms. The van der Waals surface area contributed by atoms with Gasteiger partial charge in [0.05, 0.1) is 7.11 Å². The summed E-state index contributed by atoms with van der Waals surface area (Å²) in [5.41, 5.74) is 0. The quantitative estimate of drug-likeness (QED) is 0.219. The van der Waals surface area contributed by atoms with Gasteiger partial charge in [0, 0.05) is 19.4 Å². The highest BCUT2D eigenvalue weighted by Crippen LogP contribution is 2.08. The number of hydrogen-bond acceptors (Lipinski definition) is 3. The molecular weight excluding hydrogens is 300 g/mol. The maximum Gasteiger partial charge on any atom is 0.305 e. The van der Waals surface area contributed by atoms with E-state index in [1.165, 1.54) is 58.5 Å². The first-order valence-electron chi connectivity index (χ1n) is 9.91. The molecule has 1 atom stereocenters. The highest BCUT2D eigenvalue weighted by Gasteiger charge is 2.09. The van der Waals surface area contributed by atoms with E-state index in [9.17, 15) is 4.79 Å². The lowest BCUT2D eigenvalue weighted by molar-refractivity contribution is -0.141. The number of ether oxygens (including phenoxy) is 2. The van der Waals surface area contributed by atoms with Crippen LogP contribution < -0.4 is 0 Å². The van der Waals surface area contributed by atoms with Crippen LogP contribution in [0.3, 0.4) is 0 Å². The van der Waals surface area contributed by atoms with Crippen LogP contribution in [0.2, 0.25) is 0 Å². The molecule has 0 aromatic carbocycles. The first-order chi connectivity index (χ1) is 11.7. The molecule has 24 heavy (non-hydrogen) atoms. The fourth-order valence-electron chi connectivity index (χ4n) is 2.48. The van der Waals surface area contributed by atoms with Gasteiger partial charge < -0.3 is 9.47 Å². The van der Waals surface area contributed by atoms with Gasteiger partial charge in [-0.3, -0.25) is 4.79 Å². The fourth-order valence-corrected chi connectivity index (χ4v) is 2.48. The predicted octanol–water partition coefficient (Wildman–Crippen LogP) is 5.66. The summed E-state index contributed by atoms with van der Waals surface area (Å²) in [5, 5.41) is 0. The molecular formula is C21H38O3. The van der Waals surface area contributed by atoms with Crippen molar-refractivity contribution >= 4 is 5.97 Å². The number of carbonyl (C=O) groups excluding carboxylic acids is 1. The van der Waals surface area contributed by atoms with Crippen molar-refractivity contribution in [2.45, 2.75) is 103 Å². The van der Waals surface area contributed by atoms with E-state index in [4.69, 9.17) is 9.47 Å². The maximum absolute atomic E-state index is 11.3. The van der Waals surface area contributed by atoms with E-state index in [0.717, 1.165) is 25.9 Å². The Labute approximate surface area is 149 Å². The molecule has 0 aliphatic rings. The zero-order valence-corrected chi connectivity index (χ0v) is 16.2. The van der Waals surface area contributed by atoms with E-state index in [1.807, 2.05) is 0 Å². The molecule has 3 heteroatoms. The molecule has 0 N–H and O–H groups in total. The summed E-state index contributed by atoms with van der Waals surface area (Å²) in [6.07, 6.45) is 14.3. The third-order valence-electron chi connectivity index (χ3n) is 4.07. The van der Waals surface area contributed by atoms with Crippen molar-refractivity contribution < 1.29 is 14.3 Å². The monoisotopic (exact) mass is 338 g/mol. The minimum Gasteiger partial charge on any atom is -0.469 e. The fraction of sp³-hybridized carbons (Fsp3) is 0.857. The highest BCUT2D eigenvalue weighted by atomic mass is 16.5. The van der Waals surface area contributed by atoms with Crippen LogP contribution in [0.4, 0.5) is 0 Å². The molecule has 0 heterocycles. The van der Waals surface area contributed by atoms with Crippen LogP contribution in [0, 0.1) is 11.8 Å². The molecule has 0 fully saturated rings. The van der Waals surface area contributed by atoms with Crippen molar-refractivity contribution in [3.05, 3.63) is 0 Å². The molecule has 0 unspecified atom stereocenters. The van der Waals surface area contributed by atoms with Crippen molar-refractivity contribution in [2.75, 3.05) is 13.7 Å². The predicted molar refractivity (Wildman–Crippen MR) is 101 cm³/mol. The van der Waals surface area contributed by atoms with Gasteiger partial charge >= 0.3 is 5.97 Å². The Hall–Kier alpha value is -1.01. The number of methoxy groups -OCH3 is 1. The molecule has 140 valence electrons. The van der Waals surface area contributed by atoms with Crippen LogP contribution in [-0.2, 0) is 14.3 Å². The average Bonchev–Trinajstić information content (AvgIpc) is 2.60. The molecule has 0 radical (unpaired) electrons. The topological polar surface area (TPSA) is 35.5 Å². The molecule has 3 nitrogen and oxygen atoms in total. The molecule has 0 rings (SSSR count). The number of rotatable bonds is 15. The number of carbonyl (C=O) groups is 1. The van der Waals surface area contributed by atoms with Gasteiger partial charge in [0.25, 0.3) is 0 Å². The largest absolute Gasteiger partial charge is 0.469 e. The van der Waals surface area contributed by atoms with Gasteiger partial charge in [-0.05, 0) is 19.3 Å². The lowest BCUT2D eigenvalue weighted by atomic mass is 10.1. The van der Waals surface area contributed by atoms with Crippen molar-refractivity contribution in [3.8, 4) is 11.8 Å². The van der Waals surface area contributed by atoms with Gasteiger partial charge in [-0.15, -0.1) is 5.92 Å². The smallest absolute Gasteiger partial charge is 0.305 e. The first-order valence-corrected chi connectivity index (χ1v) is 9.91. The SMILES string of the molecule is CCCCCCCCC#C[C@@H](CCC(=O)OC)OCCCCCC. The van der Waals surface area contributed by atoms with Crippen LogP contribution >= 0.6 is 0 Å². The normalized spacial score (nSPS) is 11.6. The van der Waals surface area contributed by atoms with E-state index in [2.05, 4.69) is 25.7 Å². The van der Waals surface area contributed by atoms with Crippen molar-refractivity contribution in [1.29, 1.82) is 0 Å². The van der Waals surface area contributed by atoms with E-state index in [1.54, 1.807) is 0 Å². The zero-order valence-electron chi connectivity index (χ0n) is 16.2. The molecule has 0 aliphatic carbocycles. The Morgan fingerprint density at radius 2 is 1.54 bits per heavy atom. The van der Waals surface area contributed by atoms with Crippen LogP contribution in [0.15, 0.2) is 0 Å². The molecule has 0 saturated heterocycles. The third kappa shape index (κ3) is 15.9. The zero-order chi connectivity index (χ0) is 17.9. The van der Waals surface area contributed by atoms with E-state index in [-0.39, 0.29) is 12.1 Å². The molecule has 0 aromatic rings. The minimum atomic E-state index is -0.188. The van der Waals surface area contributed by atoms with Crippen molar-refractivity contribution in [1.82, 2.24) is 0 Å². The number of hydrogen-bond donors (Lipinski definition) is 0. The minimum absolute atomic E-state index is 0.134. The lowest BCUT2D eigenvalue weighted by Gasteiger charge is -2.11. The average molecular weight is 339 g/mol. The Morgan fingerprint density at radius 1 is 0.917 bits per heavy atom. The van der Waals surface area contributed by atoms with E-state index < -0.39 is 0 Å². The second kappa shape index (κ2) is 18.3. The highest BCUT2D eigenvalue weighted by molar-refractivity contribution is 5.69. The Balaban J connectivity index is 3.99. The number of esters is 1. The van der Waals surface area contributed by atoms with E-state index >= 15 is 0 Å². The standard InChI is InChI=1S/C21H38O3/c1-4-6-8-10-11-12-13-14-16-20(17-18-21(22)23-3)24-19-15-9-7-5-2/h20H,4-13,15,17-19H2,1-3H3/t20-/m0/s1. The second-order valence-electron chi connectivity index (χ2n) is 6.37. The summed E-state index contributed by atoms with van der Waals surface area (Å²) in [5.74, 6) is 6.27. The lowest BCUT2D eigenvalue weighted by Crippen LogP contribution is -2.14. The first kappa shape index (κ1) is 23.0. The maximum atomic E-state index is 11.3. The molecule has 0 spiro atoms. The summed E-state index contributed by atoms with van der Waals surface area (Å²) in [6, 6.07) is 0. The Kier molecular flexibility index (Phi) is 17.6. The van der Waals surface area contributed by atoms with Crippen LogP contribution in [0.1, 0.15) is 97.3 Å². The van der Waals surface area contributed by atoms with Crippen LogP contribution in [-0.4, -0.2) is 25.8 Å². The van der Waals surface area contributed by atoms with Gasteiger partial charge in [-0.2, -0.15) is 0 Å². The van der Waals surface area contributed by atoms with Crippen LogP contribution in [0.25, 0.3) is 0 Å². The van der Waals surface area contributed by atoms with Gasteiger partial charge in [0.1, 0.15) is 6.10 Å². The van der Waals surface area contributed by atoms with Gasteiger partial charge in [-0.1, -0.05) is 71.1 Å². The van der Waals surface area contributed by atoms with Crippen LogP contribution in [0.5, 0.6) is 0 Å². The molecule has 0 aliphatic heterocycles. The second-order valence-corrected chi connectivity index (χ2v) is 6.37. The van der Waals surface area contributed by atoms with Gasteiger partial charge in [-0.25, -0.2) is 0 Å². The Bertz CT molecular complexity index is 341. The van der Waals surface area contributed by atoms with E-state index in [0.29, 0.717) is 12.8 Å². The Morgan fingerprint density at radius 3 is 2.21 bits per heavy atom. The number of unbranched alkanes of at least 4 members (excludes halogenated alkanes) is 9. The molecule has 0 amide bonds. The van der Waals surface area contributed by atoms with Gasteiger partial charge in [0.15, 0.2) is 0 Å². The molecule has 0 aromatic heterocycles. The van der Waals surface area contributed by atoms with Crippen molar-refractivity contribution in [3.63, 3.8) is 0 Å². The summed E-state index contributed by atoms with van der Waals surface area (Å²) in [6.45, 7) is 5.17. The summed E-state index contributed by atoms with van der Waals surface area (Å²) in [7, 11) is 1.42. The summed E-state index contributed by atoms with van der Waals surface area (Å²) < 4.78 is 10.6. The van der Waals surface area contributed by atoms with Crippen molar-refractivity contribution in [2.24, 2.45) is 0 Å². The summed E-state index contributed by atoms with van der Waals surface area (Å²) >= 11 is 0. The molecule has 0 saturated carbocycles. The van der Waals surface area contributed by atoms with Gasteiger partial charge in [0.2, 0.25) is 0 Å².